The molecule has 0 heterocycles. The van der Waals surface area contributed by atoms with Gasteiger partial charge in [0.15, 0.2) is 0 Å². The molecule has 0 amide bonds. The lowest BCUT2D eigenvalue weighted by molar-refractivity contribution is 1.19. The molecule has 2 heteroatoms. The van der Waals surface area contributed by atoms with Crippen LogP contribution in [0.3, 0.4) is 0 Å². The van der Waals surface area contributed by atoms with E-state index in [-0.39, 0.29) is 0 Å². The summed E-state index contributed by atoms with van der Waals surface area (Å²) in [7, 11) is 0. The maximum atomic E-state index is 2.29. The highest BCUT2D eigenvalue weighted by Gasteiger charge is 2.13. The molecule has 0 fully saturated rings. The molecule has 0 saturated heterocycles. The van der Waals surface area contributed by atoms with Crippen molar-refractivity contribution in [2.45, 2.75) is 6.42 Å². The minimum atomic E-state index is 0.894. The van der Waals surface area contributed by atoms with Crippen LogP contribution in [0, 0.1) is 0 Å². The number of nitrogens with zero attached hydrogens (tertiary/aromatic N) is 2. The molecule has 8 aromatic carbocycles. The molecule has 0 atom stereocenters. The minimum absolute atomic E-state index is 0.894. The van der Waals surface area contributed by atoms with Crippen molar-refractivity contribution < 1.29 is 0 Å². The van der Waals surface area contributed by atoms with Crippen LogP contribution in [0.25, 0.3) is 22.3 Å². The molecule has 51 heavy (non-hydrogen) atoms. The molecular formula is C49H38N2. The fourth-order valence-electron chi connectivity index (χ4n) is 6.67. The first-order valence-corrected chi connectivity index (χ1v) is 17.5. The van der Waals surface area contributed by atoms with Crippen molar-refractivity contribution in [1.29, 1.82) is 0 Å². The Kier molecular flexibility index (Phi) is 9.21. The quantitative estimate of drug-likeness (QED) is 0.145. The first-order valence-electron chi connectivity index (χ1n) is 17.5. The van der Waals surface area contributed by atoms with E-state index in [9.17, 15) is 0 Å². The van der Waals surface area contributed by atoms with Crippen LogP contribution in [0.5, 0.6) is 0 Å². The Morgan fingerprint density at radius 1 is 0.216 bits per heavy atom. The number of rotatable bonds is 10. The predicted octanol–water partition coefficient (Wildman–Crippen LogP) is 13.6. The zero-order valence-electron chi connectivity index (χ0n) is 28.4. The van der Waals surface area contributed by atoms with Crippen LogP contribution >= 0.6 is 0 Å². The zero-order chi connectivity index (χ0) is 34.2. The van der Waals surface area contributed by atoms with Crippen LogP contribution in [-0.4, -0.2) is 0 Å². The molecule has 0 aliphatic heterocycles. The monoisotopic (exact) mass is 654 g/mol. The van der Waals surface area contributed by atoms with E-state index >= 15 is 0 Å². The molecule has 244 valence electrons. The van der Waals surface area contributed by atoms with Gasteiger partial charge in [-0.3, -0.25) is 0 Å². The molecule has 0 aliphatic rings. The molecule has 0 spiro atoms. The molecule has 2 nitrogen and oxygen atoms in total. The van der Waals surface area contributed by atoms with Gasteiger partial charge in [-0.1, -0.05) is 146 Å². The topological polar surface area (TPSA) is 6.48 Å². The second-order valence-corrected chi connectivity index (χ2v) is 12.7. The van der Waals surface area contributed by atoms with E-state index in [0.29, 0.717) is 0 Å². The Balaban J connectivity index is 0.945. The number of para-hydroxylation sites is 4. The third-order valence-electron chi connectivity index (χ3n) is 9.29. The number of anilines is 6. The zero-order valence-corrected chi connectivity index (χ0v) is 28.4. The van der Waals surface area contributed by atoms with Crippen LogP contribution in [0.2, 0.25) is 0 Å². The van der Waals surface area contributed by atoms with E-state index in [4.69, 9.17) is 0 Å². The van der Waals surface area contributed by atoms with Gasteiger partial charge in [-0.2, -0.15) is 0 Å². The summed E-state index contributed by atoms with van der Waals surface area (Å²) in [6.07, 6.45) is 0.894. The molecule has 0 saturated carbocycles. The van der Waals surface area contributed by atoms with Crippen LogP contribution in [0.1, 0.15) is 11.1 Å². The Morgan fingerprint density at radius 2 is 0.431 bits per heavy atom. The fourth-order valence-corrected chi connectivity index (χ4v) is 6.67. The molecular weight excluding hydrogens is 617 g/mol. The average molecular weight is 655 g/mol. The van der Waals surface area contributed by atoms with Gasteiger partial charge in [-0.05, 0) is 113 Å². The van der Waals surface area contributed by atoms with Crippen molar-refractivity contribution in [3.05, 3.63) is 230 Å². The number of hydrogen-bond donors (Lipinski definition) is 0. The van der Waals surface area contributed by atoms with Crippen molar-refractivity contribution >= 4 is 34.1 Å². The third-order valence-corrected chi connectivity index (χ3v) is 9.29. The van der Waals surface area contributed by atoms with E-state index in [1.165, 1.54) is 33.4 Å². The SMILES string of the molecule is c1ccc(N(c2ccccc2)c2ccc(-c3ccc(Cc4ccc(-c5ccc(N(c6ccccc6)c6ccccc6)cc5)cc4)cc3)cc2)cc1. The Morgan fingerprint density at radius 3 is 0.686 bits per heavy atom. The van der Waals surface area contributed by atoms with Crippen molar-refractivity contribution in [1.82, 2.24) is 0 Å². The summed E-state index contributed by atoms with van der Waals surface area (Å²) in [4.78, 5) is 4.58. The first-order chi connectivity index (χ1) is 25.3. The lowest BCUT2D eigenvalue weighted by atomic mass is 9.98. The highest BCUT2D eigenvalue weighted by atomic mass is 15.1. The third kappa shape index (κ3) is 7.22. The molecule has 0 radical (unpaired) electrons. The van der Waals surface area contributed by atoms with Crippen LogP contribution < -0.4 is 9.80 Å². The maximum absolute atomic E-state index is 2.29. The van der Waals surface area contributed by atoms with E-state index < -0.39 is 0 Å². The van der Waals surface area contributed by atoms with Gasteiger partial charge in [0.2, 0.25) is 0 Å². The van der Waals surface area contributed by atoms with E-state index in [1.807, 2.05) is 0 Å². The lowest BCUT2D eigenvalue weighted by Crippen LogP contribution is -2.09. The van der Waals surface area contributed by atoms with Crippen molar-refractivity contribution in [3.8, 4) is 22.3 Å². The highest BCUT2D eigenvalue weighted by Crippen LogP contribution is 2.37. The second kappa shape index (κ2) is 14.9. The maximum Gasteiger partial charge on any atom is 0.0462 e. The van der Waals surface area contributed by atoms with Crippen molar-refractivity contribution in [2.24, 2.45) is 0 Å². The first kappa shape index (κ1) is 31.6. The fraction of sp³-hybridized carbons (Fsp3) is 0.0204. The average Bonchev–Trinajstić information content (AvgIpc) is 3.21. The summed E-state index contributed by atoms with van der Waals surface area (Å²) in [5, 5.41) is 0. The molecule has 0 unspecified atom stereocenters. The smallest absolute Gasteiger partial charge is 0.0462 e. The standard InChI is InChI=1S/C49H38N2/c1-5-13-44(14-6-1)50(45-15-7-2-8-16-45)48-33-29-42(30-34-48)40-25-21-38(22-26-40)37-39-23-27-41(28-24-39)43-31-35-49(36-32-43)51(46-17-9-3-10-18-46)47-19-11-4-12-20-47/h1-36H,37H2. The highest BCUT2D eigenvalue weighted by molar-refractivity contribution is 5.79. The van der Waals surface area contributed by atoms with Gasteiger partial charge >= 0.3 is 0 Å². The molecule has 0 aliphatic carbocycles. The Labute approximate surface area is 301 Å². The van der Waals surface area contributed by atoms with Crippen molar-refractivity contribution in [2.75, 3.05) is 9.80 Å². The number of hydrogen-bond acceptors (Lipinski definition) is 2. The van der Waals surface area contributed by atoms with E-state index in [1.54, 1.807) is 0 Å². The van der Waals surface area contributed by atoms with E-state index in [0.717, 1.165) is 40.5 Å². The Bertz CT molecular complexity index is 2020. The molecule has 0 N–H and O–H groups in total. The van der Waals surface area contributed by atoms with Gasteiger partial charge in [-0.25, -0.2) is 0 Å². The summed E-state index contributed by atoms with van der Waals surface area (Å²) in [6, 6.07) is 77.8. The van der Waals surface area contributed by atoms with Crippen LogP contribution in [0.15, 0.2) is 218 Å². The normalized spacial score (nSPS) is 10.8. The molecule has 8 rings (SSSR count). The summed E-state index contributed by atoms with van der Waals surface area (Å²) in [5.74, 6) is 0. The van der Waals surface area contributed by atoms with Gasteiger partial charge < -0.3 is 9.80 Å². The van der Waals surface area contributed by atoms with Crippen LogP contribution in [-0.2, 0) is 6.42 Å². The van der Waals surface area contributed by atoms with Gasteiger partial charge in [-0.15, -0.1) is 0 Å². The largest absolute Gasteiger partial charge is 0.311 e. The molecule has 0 bridgehead atoms. The molecule has 8 aromatic rings. The summed E-state index contributed by atoms with van der Waals surface area (Å²) in [6.45, 7) is 0. The summed E-state index contributed by atoms with van der Waals surface area (Å²) >= 11 is 0. The lowest BCUT2D eigenvalue weighted by Gasteiger charge is -2.25. The van der Waals surface area contributed by atoms with E-state index in [2.05, 4.69) is 228 Å². The summed E-state index contributed by atoms with van der Waals surface area (Å²) in [5.41, 5.74) is 14.3. The number of benzene rings is 8. The summed E-state index contributed by atoms with van der Waals surface area (Å²) < 4.78 is 0. The van der Waals surface area contributed by atoms with Gasteiger partial charge in [0.1, 0.15) is 0 Å². The van der Waals surface area contributed by atoms with Gasteiger partial charge in [0, 0.05) is 34.1 Å². The second-order valence-electron chi connectivity index (χ2n) is 12.7. The predicted molar refractivity (Wildman–Crippen MR) is 216 cm³/mol. The Hall–Kier alpha value is -6.64. The van der Waals surface area contributed by atoms with Crippen molar-refractivity contribution in [3.63, 3.8) is 0 Å². The molecule has 0 aromatic heterocycles. The van der Waals surface area contributed by atoms with Gasteiger partial charge in [0.05, 0.1) is 0 Å². The minimum Gasteiger partial charge on any atom is -0.311 e. The van der Waals surface area contributed by atoms with Gasteiger partial charge in [0.25, 0.3) is 0 Å². The van der Waals surface area contributed by atoms with Crippen LogP contribution in [0.4, 0.5) is 34.1 Å².